The average molecular weight is 296 g/mol. The Morgan fingerprint density at radius 1 is 1.15 bits per heavy atom. The van der Waals surface area contributed by atoms with Crippen molar-refractivity contribution in [3.8, 4) is 0 Å². The van der Waals surface area contributed by atoms with E-state index in [1.54, 1.807) is 0 Å². The lowest BCUT2D eigenvalue weighted by Gasteiger charge is -2.17. The molecular formula is C15H24N2O2S. The lowest BCUT2D eigenvalue weighted by Crippen LogP contribution is -2.30. The van der Waals surface area contributed by atoms with E-state index in [1.165, 1.54) is 0 Å². The molecule has 2 N–H and O–H groups in total. The second-order valence-electron chi connectivity index (χ2n) is 4.23. The number of thiocarbonyl (C=S) groups is 1. The summed E-state index contributed by atoms with van der Waals surface area (Å²) in [5.74, 6) is 0. The van der Waals surface area contributed by atoms with Crippen molar-refractivity contribution in [2.75, 3.05) is 25.1 Å². The molecule has 0 bridgehead atoms. The van der Waals surface area contributed by atoms with Crippen LogP contribution in [0.1, 0.15) is 26.7 Å². The quantitative estimate of drug-likeness (QED) is 0.416. The normalized spacial score (nSPS) is 10.6. The van der Waals surface area contributed by atoms with Crippen LogP contribution in [0.5, 0.6) is 0 Å². The van der Waals surface area contributed by atoms with E-state index in [9.17, 15) is 0 Å². The summed E-state index contributed by atoms with van der Waals surface area (Å²) in [6.07, 6.45) is 1.70. The van der Waals surface area contributed by atoms with Gasteiger partial charge in [0.2, 0.25) is 0 Å². The van der Waals surface area contributed by atoms with E-state index in [-0.39, 0.29) is 6.29 Å². The SMILES string of the molecule is CCOC(CCCNC(=S)Nc1ccccc1)OCC. The summed E-state index contributed by atoms with van der Waals surface area (Å²) in [5.41, 5.74) is 0.992. The lowest BCUT2D eigenvalue weighted by atomic mass is 10.3. The molecular weight excluding hydrogens is 272 g/mol. The summed E-state index contributed by atoms with van der Waals surface area (Å²) in [4.78, 5) is 0. The molecule has 0 unspecified atom stereocenters. The van der Waals surface area contributed by atoms with E-state index >= 15 is 0 Å². The summed E-state index contributed by atoms with van der Waals surface area (Å²) < 4.78 is 11.0. The van der Waals surface area contributed by atoms with E-state index in [0.717, 1.165) is 25.1 Å². The van der Waals surface area contributed by atoms with E-state index < -0.39 is 0 Å². The van der Waals surface area contributed by atoms with E-state index in [1.807, 2.05) is 44.2 Å². The van der Waals surface area contributed by atoms with Gasteiger partial charge in [0.1, 0.15) is 0 Å². The van der Waals surface area contributed by atoms with Gasteiger partial charge in [0.15, 0.2) is 11.4 Å². The van der Waals surface area contributed by atoms with Crippen molar-refractivity contribution in [2.45, 2.75) is 33.0 Å². The molecule has 0 aliphatic rings. The number of hydrogen-bond acceptors (Lipinski definition) is 3. The Morgan fingerprint density at radius 3 is 2.40 bits per heavy atom. The molecule has 1 aromatic rings. The van der Waals surface area contributed by atoms with Gasteiger partial charge in [0.05, 0.1) is 0 Å². The van der Waals surface area contributed by atoms with Crippen molar-refractivity contribution in [1.29, 1.82) is 0 Å². The van der Waals surface area contributed by atoms with Crippen molar-refractivity contribution in [3.63, 3.8) is 0 Å². The van der Waals surface area contributed by atoms with Gasteiger partial charge < -0.3 is 20.1 Å². The molecule has 20 heavy (non-hydrogen) atoms. The summed E-state index contributed by atoms with van der Waals surface area (Å²) in [5, 5.41) is 6.96. The van der Waals surface area contributed by atoms with Gasteiger partial charge in [0, 0.05) is 31.9 Å². The third kappa shape index (κ3) is 7.43. The Labute approximate surface area is 126 Å². The molecule has 0 aromatic heterocycles. The summed E-state index contributed by atoms with van der Waals surface area (Å²) >= 11 is 5.23. The maximum atomic E-state index is 5.49. The zero-order chi connectivity index (χ0) is 14.6. The molecule has 0 fully saturated rings. The Bertz CT molecular complexity index is 367. The average Bonchev–Trinajstić information content (AvgIpc) is 2.45. The monoisotopic (exact) mass is 296 g/mol. The number of ether oxygens (including phenoxy) is 2. The maximum Gasteiger partial charge on any atom is 0.170 e. The van der Waals surface area contributed by atoms with Crippen LogP contribution in [0, 0.1) is 0 Å². The van der Waals surface area contributed by atoms with Crippen LogP contribution in [-0.4, -0.2) is 31.2 Å². The molecule has 0 amide bonds. The standard InChI is InChI=1S/C15H24N2O2S/c1-3-18-14(19-4-2)11-8-12-16-15(20)17-13-9-6-5-7-10-13/h5-7,9-10,14H,3-4,8,11-12H2,1-2H3,(H2,16,17,20). The van der Waals surface area contributed by atoms with Gasteiger partial charge in [-0.2, -0.15) is 0 Å². The molecule has 0 aliphatic heterocycles. The summed E-state index contributed by atoms with van der Waals surface area (Å²) in [7, 11) is 0. The van der Waals surface area contributed by atoms with E-state index in [4.69, 9.17) is 21.7 Å². The maximum absolute atomic E-state index is 5.49. The fourth-order valence-corrected chi connectivity index (χ4v) is 1.97. The van der Waals surface area contributed by atoms with E-state index in [0.29, 0.717) is 18.3 Å². The number of nitrogens with one attached hydrogen (secondary N) is 2. The second-order valence-corrected chi connectivity index (χ2v) is 4.64. The third-order valence-electron chi connectivity index (χ3n) is 2.64. The summed E-state index contributed by atoms with van der Waals surface area (Å²) in [6, 6.07) is 9.88. The first kappa shape index (κ1) is 16.9. The number of rotatable bonds is 9. The zero-order valence-electron chi connectivity index (χ0n) is 12.2. The molecule has 0 atom stereocenters. The molecule has 0 saturated heterocycles. The summed E-state index contributed by atoms with van der Waals surface area (Å²) in [6.45, 7) is 6.10. The van der Waals surface area contributed by atoms with Crippen molar-refractivity contribution < 1.29 is 9.47 Å². The lowest BCUT2D eigenvalue weighted by molar-refractivity contribution is -0.139. The Balaban J connectivity index is 2.15. The van der Waals surface area contributed by atoms with Crippen LogP contribution >= 0.6 is 12.2 Å². The molecule has 0 saturated carbocycles. The van der Waals surface area contributed by atoms with Gasteiger partial charge in [-0.3, -0.25) is 0 Å². The van der Waals surface area contributed by atoms with Crippen molar-refractivity contribution in [3.05, 3.63) is 30.3 Å². The predicted octanol–water partition coefficient (Wildman–Crippen LogP) is 3.15. The van der Waals surface area contributed by atoms with Crippen LogP contribution in [0.4, 0.5) is 5.69 Å². The Hall–Kier alpha value is -1.17. The van der Waals surface area contributed by atoms with Gasteiger partial charge >= 0.3 is 0 Å². The van der Waals surface area contributed by atoms with Crippen molar-refractivity contribution >= 4 is 23.0 Å². The first-order chi connectivity index (χ1) is 9.76. The van der Waals surface area contributed by atoms with Gasteiger partial charge in [-0.15, -0.1) is 0 Å². The second kappa shape index (κ2) is 10.6. The van der Waals surface area contributed by atoms with Crippen molar-refractivity contribution in [1.82, 2.24) is 5.32 Å². The molecule has 5 heteroatoms. The topological polar surface area (TPSA) is 42.5 Å². The minimum atomic E-state index is -0.109. The molecule has 0 aliphatic carbocycles. The van der Waals surface area contributed by atoms with Gasteiger partial charge in [-0.05, 0) is 44.6 Å². The Kier molecular flexibility index (Phi) is 8.95. The van der Waals surface area contributed by atoms with Crippen LogP contribution in [0.15, 0.2) is 30.3 Å². The highest BCUT2D eigenvalue weighted by Gasteiger charge is 2.07. The van der Waals surface area contributed by atoms with Gasteiger partial charge in [-0.25, -0.2) is 0 Å². The minimum absolute atomic E-state index is 0.109. The molecule has 0 heterocycles. The third-order valence-corrected chi connectivity index (χ3v) is 2.89. The molecule has 0 spiro atoms. The highest BCUT2D eigenvalue weighted by molar-refractivity contribution is 7.80. The number of para-hydroxylation sites is 1. The van der Waals surface area contributed by atoms with Crippen molar-refractivity contribution in [2.24, 2.45) is 0 Å². The number of anilines is 1. The fourth-order valence-electron chi connectivity index (χ4n) is 1.75. The highest BCUT2D eigenvalue weighted by Crippen LogP contribution is 2.05. The van der Waals surface area contributed by atoms with E-state index in [2.05, 4.69) is 10.6 Å². The first-order valence-electron chi connectivity index (χ1n) is 7.09. The smallest absolute Gasteiger partial charge is 0.170 e. The first-order valence-corrected chi connectivity index (χ1v) is 7.50. The largest absolute Gasteiger partial charge is 0.362 e. The predicted molar refractivity (Wildman–Crippen MR) is 86.9 cm³/mol. The van der Waals surface area contributed by atoms with Crippen LogP contribution in [0.2, 0.25) is 0 Å². The molecule has 1 aromatic carbocycles. The molecule has 112 valence electrons. The zero-order valence-corrected chi connectivity index (χ0v) is 13.0. The van der Waals surface area contributed by atoms with Crippen LogP contribution < -0.4 is 10.6 Å². The van der Waals surface area contributed by atoms with Gasteiger partial charge in [0.25, 0.3) is 0 Å². The minimum Gasteiger partial charge on any atom is -0.362 e. The highest BCUT2D eigenvalue weighted by atomic mass is 32.1. The Morgan fingerprint density at radius 2 is 1.80 bits per heavy atom. The van der Waals surface area contributed by atoms with Crippen LogP contribution in [0.25, 0.3) is 0 Å². The molecule has 0 radical (unpaired) electrons. The van der Waals surface area contributed by atoms with Crippen LogP contribution in [0.3, 0.4) is 0 Å². The van der Waals surface area contributed by atoms with Crippen LogP contribution in [-0.2, 0) is 9.47 Å². The molecule has 4 nitrogen and oxygen atoms in total. The molecule has 1 rings (SSSR count). The number of hydrogen-bond donors (Lipinski definition) is 2. The fraction of sp³-hybridized carbons (Fsp3) is 0.533. The number of benzene rings is 1. The van der Waals surface area contributed by atoms with Gasteiger partial charge in [-0.1, -0.05) is 18.2 Å².